The highest BCUT2D eigenvalue weighted by Crippen LogP contribution is 2.28. The van der Waals surface area contributed by atoms with Gasteiger partial charge in [-0.1, -0.05) is 6.07 Å². The molecule has 5 nitrogen and oxygen atoms in total. The molecule has 20 heavy (non-hydrogen) atoms. The van der Waals surface area contributed by atoms with E-state index in [0.29, 0.717) is 12.2 Å². The molecule has 2 unspecified atom stereocenters. The number of nitrogens with one attached hydrogen (secondary N) is 1. The number of morpholine rings is 1. The number of nitrogens with zero attached hydrogens (tertiary/aromatic N) is 2. The van der Waals surface area contributed by atoms with Gasteiger partial charge < -0.3 is 19.7 Å². The van der Waals surface area contributed by atoms with E-state index in [1.165, 1.54) is 18.4 Å². The monoisotopic (exact) mass is 277 g/mol. The fourth-order valence-corrected chi connectivity index (χ4v) is 2.92. The highest BCUT2D eigenvalue weighted by molar-refractivity contribution is 5.40. The molecule has 0 aliphatic carbocycles. The second-order valence-electron chi connectivity index (χ2n) is 5.56. The van der Waals surface area contributed by atoms with Gasteiger partial charge in [0.1, 0.15) is 5.82 Å². The minimum atomic E-state index is 0.408. The lowest BCUT2D eigenvalue weighted by Gasteiger charge is -2.33. The molecule has 0 spiro atoms. The summed E-state index contributed by atoms with van der Waals surface area (Å²) < 4.78 is 10.9. The summed E-state index contributed by atoms with van der Waals surface area (Å²) in [4.78, 5) is 6.95. The summed E-state index contributed by atoms with van der Waals surface area (Å²) in [5.74, 6) is 1.07. The summed E-state index contributed by atoms with van der Waals surface area (Å²) in [7, 11) is 1.72. The fraction of sp³-hybridized carbons (Fsp3) is 0.667. The molecule has 3 heterocycles. The van der Waals surface area contributed by atoms with Crippen molar-refractivity contribution in [1.29, 1.82) is 0 Å². The molecule has 1 aromatic heterocycles. The van der Waals surface area contributed by atoms with E-state index in [1.807, 2.05) is 6.20 Å². The quantitative estimate of drug-likeness (QED) is 0.791. The summed E-state index contributed by atoms with van der Waals surface area (Å²) in [5, 5.41) is 3.33. The zero-order valence-corrected chi connectivity index (χ0v) is 12.0. The lowest BCUT2D eigenvalue weighted by molar-refractivity contribution is 0.0302. The van der Waals surface area contributed by atoms with Gasteiger partial charge in [0.25, 0.3) is 0 Å². The smallest absolute Gasteiger partial charge is 0.128 e. The van der Waals surface area contributed by atoms with Crippen LogP contribution in [0.5, 0.6) is 0 Å². The molecule has 110 valence electrons. The van der Waals surface area contributed by atoms with Gasteiger partial charge in [0, 0.05) is 39.5 Å². The van der Waals surface area contributed by atoms with Crippen LogP contribution in [-0.4, -0.2) is 50.5 Å². The molecule has 2 saturated heterocycles. The van der Waals surface area contributed by atoms with Crippen LogP contribution in [0.2, 0.25) is 0 Å². The maximum atomic E-state index is 5.86. The van der Waals surface area contributed by atoms with Crippen LogP contribution in [0.1, 0.15) is 18.4 Å². The van der Waals surface area contributed by atoms with Gasteiger partial charge in [-0.2, -0.15) is 0 Å². The fourth-order valence-electron chi connectivity index (χ4n) is 2.92. The van der Waals surface area contributed by atoms with Crippen molar-refractivity contribution in [1.82, 2.24) is 10.3 Å². The van der Waals surface area contributed by atoms with Gasteiger partial charge in [0.2, 0.25) is 0 Å². The van der Waals surface area contributed by atoms with Crippen molar-refractivity contribution in [2.45, 2.75) is 31.6 Å². The zero-order valence-electron chi connectivity index (χ0n) is 12.0. The Morgan fingerprint density at radius 3 is 2.80 bits per heavy atom. The second-order valence-corrected chi connectivity index (χ2v) is 5.56. The predicted octanol–water partition coefficient (Wildman–Crippen LogP) is 1.19. The van der Waals surface area contributed by atoms with Gasteiger partial charge in [0.15, 0.2) is 0 Å². The number of pyridine rings is 1. The second kappa shape index (κ2) is 6.52. The molecule has 1 N–H and O–H groups in total. The molecule has 3 rings (SSSR count). The molecular weight excluding hydrogens is 254 g/mol. The Morgan fingerprint density at radius 2 is 2.15 bits per heavy atom. The van der Waals surface area contributed by atoms with Gasteiger partial charge in [-0.3, -0.25) is 0 Å². The van der Waals surface area contributed by atoms with Crippen molar-refractivity contribution >= 4 is 5.82 Å². The summed E-state index contributed by atoms with van der Waals surface area (Å²) >= 11 is 0. The molecular formula is C15H23N3O2. The third kappa shape index (κ3) is 3.29. The van der Waals surface area contributed by atoms with Crippen molar-refractivity contribution < 1.29 is 9.47 Å². The first-order chi connectivity index (χ1) is 9.85. The Bertz CT molecular complexity index is 412. The molecule has 2 aliphatic rings. The van der Waals surface area contributed by atoms with Crippen LogP contribution >= 0.6 is 0 Å². The molecule has 0 saturated carbocycles. The number of hydrogen-bond acceptors (Lipinski definition) is 5. The minimum absolute atomic E-state index is 0.408. The summed E-state index contributed by atoms with van der Waals surface area (Å²) in [6.07, 6.45) is 5.18. The highest BCUT2D eigenvalue weighted by atomic mass is 16.5. The number of methoxy groups -OCH3 is 1. The largest absolute Gasteiger partial charge is 0.383 e. The maximum Gasteiger partial charge on any atom is 0.128 e. The first kappa shape index (κ1) is 13.8. The van der Waals surface area contributed by atoms with Crippen LogP contribution < -0.4 is 10.2 Å². The van der Waals surface area contributed by atoms with Crippen molar-refractivity contribution in [3.8, 4) is 0 Å². The van der Waals surface area contributed by atoms with Crippen LogP contribution in [-0.2, 0) is 16.0 Å². The van der Waals surface area contributed by atoms with E-state index in [0.717, 1.165) is 38.6 Å². The maximum absolute atomic E-state index is 5.86. The van der Waals surface area contributed by atoms with Crippen molar-refractivity contribution in [3.63, 3.8) is 0 Å². The zero-order chi connectivity index (χ0) is 13.8. The first-order valence-electron chi connectivity index (χ1n) is 7.40. The lowest BCUT2D eigenvalue weighted by Crippen LogP contribution is -2.43. The molecule has 5 heteroatoms. The number of aromatic nitrogens is 1. The molecule has 2 bridgehead atoms. The van der Waals surface area contributed by atoms with E-state index in [2.05, 4.69) is 27.3 Å². The van der Waals surface area contributed by atoms with Crippen LogP contribution in [0.4, 0.5) is 5.82 Å². The Kier molecular flexibility index (Phi) is 4.50. The van der Waals surface area contributed by atoms with Crippen LogP contribution in [0.25, 0.3) is 0 Å². The normalized spacial score (nSPS) is 25.1. The predicted molar refractivity (Wildman–Crippen MR) is 77.9 cm³/mol. The first-order valence-corrected chi connectivity index (χ1v) is 7.40. The average molecular weight is 277 g/mol. The van der Waals surface area contributed by atoms with E-state index in [4.69, 9.17) is 9.47 Å². The molecule has 2 aliphatic heterocycles. The molecule has 2 atom stereocenters. The third-order valence-electron chi connectivity index (χ3n) is 3.99. The Balaban J connectivity index is 1.53. The van der Waals surface area contributed by atoms with Gasteiger partial charge in [-0.25, -0.2) is 4.98 Å². The van der Waals surface area contributed by atoms with Crippen LogP contribution in [0, 0.1) is 0 Å². The van der Waals surface area contributed by atoms with E-state index < -0.39 is 0 Å². The SMILES string of the molecule is COCCNCc1ccc(N2CC3CCC(C2)O3)nc1. The van der Waals surface area contributed by atoms with Crippen molar-refractivity contribution in [2.24, 2.45) is 0 Å². The Labute approximate surface area is 120 Å². The number of rotatable bonds is 6. The number of hydrogen-bond donors (Lipinski definition) is 1. The van der Waals surface area contributed by atoms with Gasteiger partial charge in [0.05, 0.1) is 18.8 Å². The Morgan fingerprint density at radius 1 is 1.35 bits per heavy atom. The number of ether oxygens (including phenoxy) is 2. The summed E-state index contributed by atoms with van der Waals surface area (Å²) in [5.41, 5.74) is 1.21. The summed E-state index contributed by atoms with van der Waals surface area (Å²) in [6, 6.07) is 4.28. The van der Waals surface area contributed by atoms with Crippen molar-refractivity contribution in [3.05, 3.63) is 23.9 Å². The molecule has 1 aromatic rings. The molecule has 0 amide bonds. The van der Waals surface area contributed by atoms with Crippen LogP contribution in [0.3, 0.4) is 0 Å². The van der Waals surface area contributed by atoms with Gasteiger partial charge in [-0.15, -0.1) is 0 Å². The molecule has 0 radical (unpaired) electrons. The third-order valence-corrected chi connectivity index (χ3v) is 3.99. The van der Waals surface area contributed by atoms with E-state index in [9.17, 15) is 0 Å². The molecule has 2 fully saturated rings. The summed E-state index contributed by atoms with van der Waals surface area (Å²) in [6.45, 7) is 4.40. The van der Waals surface area contributed by atoms with Crippen molar-refractivity contribution in [2.75, 3.05) is 38.3 Å². The number of anilines is 1. The molecule has 0 aromatic carbocycles. The standard InChI is InChI=1S/C15H23N3O2/c1-19-7-6-16-8-12-2-5-15(17-9-12)18-10-13-3-4-14(11-18)20-13/h2,5,9,13-14,16H,3-4,6-8,10-11H2,1H3. The average Bonchev–Trinajstić information content (AvgIpc) is 2.83. The lowest BCUT2D eigenvalue weighted by atomic mass is 10.2. The van der Waals surface area contributed by atoms with Gasteiger partial charge >= 0.3 is 0 Å². The van der Waals surface area contributed by atoms with E-state index in [1.54, 1.807) is 7.11 Å². The van der Waals surface area contributed by atoms with E-state index >= 15 is 0 Å². The topological polar surface area (TPSA) is 46.6 Å². The van der Waals surface area contributed by atoms with Crippen LogP contribution in [0.15, 0.2) is 18.3 Å². The van der Waals surface area contributed by atoms with Gasteiger partial charge in [-0.05, 0) is 24.5 Å². The minimum Gasteiger partial charge on any atom is -0.383 e. The Hall–Kier alpha value is -1.17. The number of fused-ring (bicyclic) bond motifs is 2. The highest BCUT2D eigenvalue weighted by Gasteiger charge is 2.34. The van der Waals surface area contributed by atoms with E-state index in [-0.39, 0.29) is 0 Å².